The van der Waals surface area contributed by atoms with Gasteiger partial charge in [-0.3, -0.25) is 4.99 Å². The standard InChI is InChI=1S/C15H27N/c1-5-13(4)11-16-15(12(2)3)14-9-7-6-8-10-14/h11,13-15H,2,5-10H2,1,3-4H3. The van der Waals surface area contributed by atoms with E-state index in [0.29, 0.717) is 12.0 Å². The van der Waals surface area contributed by atoms with Crippen LogP contribution in [-0.4, -0.2) is 12.3 Å². The Hall–Kier alpha value is -0.590. The summed E-state index contributed by atoms with van der Waals surface area (Å²) >= 11 is 0. The second kappa shape index (κ2) is 6.88. The van der Waals surface area contributed by atoms with Gasteiger partial charge in [-0.05, 0) is 38.0 Å². The highest BCUT2D eigenvalue weighted by Gasteiger charge is 2.23. The third kappa shape index (κ3) is 4.11. The number of hydrogen-bond donors (Lipinski definition) is 0. The van der Waals surface area contributed by atoms with Crippen molar-refractivity contribution >= 4 is 6.21 Å². The van der Waals surface area contributed by atoms with Crippen LogP contribution >= 0.6 is 0 Å². The van der Waals surface area contributed by atoms with Gasteiger partial charge in [0.15, 0.2) is 0 Å². The Morgan fingerprint density at radius 3 is 2.50 bits per heavy atom. The van der Waals surface area contributed by atoms with E-state index in [9.17, 15) is 0 Å². The normalized spacial score (nSPS) is 22.2. The lowest BCUT2D eigenvalue weighted by atomic mass is 9.82. The molecule has 0 heterocycles. The highest BCUT2D eigenvalue weighted by atomic mass is 14.8. The van der Waals surface area contributed by atoms with Gasteiger partial charge in [-0.2, -0.15) is 0 Å². The molecule has 0 N–H and O–H groups in total. The van der Waals surface area contributed by atoms with E-state index >= 15 is 0 Å². The second-order valence-electron chi connectivity index (χ2n) is 5.37. The van der Waals surface area contributed by atoms with Crippen molar-refractivity contribution in [1.82, 2.24) is 0 Å². The number of rotatable bonds is 5. The molecule has 2 unspecified atom stereocenters. The maximum absolute atomic E-state index is 4.79. The first kappa shape index (κ1) is 13.5. The molecule has 1 saturated carbocycles. The van der Waals surface area contributed by atoms with Crippen molar-refractivity contribution in [1.29, 1.82) is 0 Å². The van der Waals surface area contributed by atoms with Gasteiger partial charge in [-0.25, -0.2) is 0 Å². The van der Waals surface area contributed by atoms with Crippen molar-refractivity contribution in [2.45, 2.75) is 65.3 Å². The zero-order valence-corrected chi connectivity index (χ0v) is 11.2. The van der Waals surface area contributed by atoms with Crippen molar-refractivity contribution in [3.63, 3.8) is 0 Å². The lowest BCUT2D eigenvalue weighted by Gasteiger charge is -2.28. The first-order chi connectivity index (χ1) is 7.65. The second-order valence-corrected chi connectivity index (χ2v) is 5.37. The monoisotopic (exact) mass is 221 g/mol. The maximum atomic E-state index is 4.79. The molecule has 92 valence electrons. The van der Waals surface area contributed by atoms with Gasteiger partial charge in [0.1, 0.15) is 0 Å². The zero-order valence-electron chi connectivity index (χ0n) is 11.2. The Morgan fingerprint density at radius 2 is 2.00 bits per heavy atom. The van der Waals surface area contributed by atoms with Crippen LogP contribution in [0.2, 0.25) is 0 Å². The molecule has 0 aromatic rings. The van der Waals surface area contributed by atoms with Gasteiger partial charge in [0.25, 0.3) is 0 Å². The topological polar surface area (TPSA) is 12.4 Å². The van der Waals surface area contributed by atoms with Crippen LogP contribution < -0.4 is 0 Å². The average molecular weight is 221 g/mol. The summed E-state index contributed by atoms with van der Waals surface area (Å²) in [6.07, 6.45) is 10.2. The van der Waals surface area contributed by atoms with Crippen LogP contribution in [0.15, 0.2) is 17.1 Å². The molecule has 1 fully saturated rings. The highest BCUT2D eigenvalue weighted by molar-refractivity contribution is 5.60. The average Bonchev–Trinajstić information content (AvgIpc) is 2.30. The third-order valence-corrected chi connectivity index (χ3v) is 3.75. The third-order valence-electron chi connectivity index (χ3n) is 3.75. The predicted octanol–water partition coefficient (Wildman–Crippen LogP) is 4.63. The van der Waals surface area contributed by atoms with Crippen LogP contribution in [-0.2, 0) is 0 Å². The Morgan fingerprint density at radius 1 is 1.38 bits per heavy atom. The highest BCUT2D eigenvalue weighted by Crippen LogP contribution is 2.30. The van der Waals surface area contributed by atoms with Crippen molar-refractivity contribution < 1.29 is 0 Å². The molecule has 1 heteroatoms. The number of aliphatic imine (C=N–C) groups is 1. The van der Waals surface area contributed by atoms with Crippen LogP contribution in [0.4, 0.5) is 0 Å². The Labute approximate surface area is 101 Å². The fraction of sp³-hybridized carbons (Fsp3) is 0.800. The molecule has 0 bridgehead atoms. The summed E-state index contributed by atoms with van der Waals surface area (Å²) in [5, 5.41) is 0. The van der Waals surface area contributed by atoms with Crippen molar-refractivity contribution in [3.05, 3.63) is 12.2 Å². The van der Waals surface area contributed by atoms with Crippen LogP contribution in [0.25, 0.3) is 0 Å². The van der Waals surface area contributed by atoms with Crippen LogP contribution in [0.3, 0.4) is 0 Å². The molecule has 0 saturated heterocycles. The zero-order chi connectivity index (χ0) is 12.0. The molecule has 0 aromatic carbocycles. The smallest absolute Gasteiger partial charge is 0.0728 e. The van der Waals surface area contributed by atoms with Crippen molar-refractivity contribution in [2.24, 2.45) is 16.8 Å². The Bertz CT molecular complexity index is 236. The fourth-order valence-electron chi connectivity index (χ4n) is 2.45. The van der Waals surface area contributed by atoms with Gasteiger partial charge in [-0.1, -0.05) is 45.3 Å². The number of hydrogen-bond acceptors (Lipinski definition) is 1. The molecular formula is C15H27N. The summed E-state index contributed by atoms with van der Waals surface area (Å²) in [6, 6.07) is 0.384. The van der Waals surface area contributed by atoms with E-state index in [4.69, 9.17) is 4.99 Å². The largest absolute Gasteiger partial charge is 0.289 e. The van der Waals surface area contributed by atoms with E-state index in [-0.39, 0.29) is 0 Å². The van der Waals surface area contributed by atoms with Crippen molar-refractivity contribution in [2.75, 3.05) is 0 Å². The molecule has 1 aliphatic rings. The van der Waals surface area contributed by atoms with E-state index in [1.165, 1.54) is 44.1 Å². The summed E-state index contributed by atoms with van der Waals surface area (Å²) in [5.74, 6) is 1.36. The quantitative estimate of drug-likeness (QED) is 0.474. The summed E-state index contributed by atoms with van der Waals surface area (Å²) in [7, 11) is 0. The summed E-state index contributed by atoms with van der Waals surface area (Å²) < 4.78 is 0. The van der Waals surface area contributed by atoms with Crippen molar-refractivity contribution in [3.8, 4) is 0 Å². The molecule has 1 rings (SSSR count). The van der Waals surface area contributed by atoms with E-state index in [2.05, 4.69) is 33.6 Å². The summed E-state index contributed by atoms with van der Waals surface area (Å²) in [4.78, 5) is 4.79. The van der Waals surface area contributed by atoms with E-state index in [1.54, 1.807) is 0 Å². The van der Waals surface area contributed by atoms with Gasteiger partial charge in [0, 0.05) is 6.21 Å². The van der Waals surface area contributed by atoms with Crippen LogP contribution in [0.1, 0.15) is 59.3 Å². The molecule has 0 aliphatic heterocycles. The maximum Gasteiger partial charge on any atom is 0.0728 e. The lowest BCUT2D eigenvalue weighted by molar-refractivity contribution is 0.326. The van der Waals surface area contributed by atoms with E-state index in [0.717, 1.165) is 5.92 Å². The summed E-state index contributed by atoms with van der Waals surface area (Å²) in [5.41, 5.74) is 1.24. The number of nitrogens with zero attached hydrogens (tertiary/aromatic N) is 1. The van der Waals surface area contributed by atoms with E-state index < -0.39 is 0 Å². The first-order valence-corrected chi connectivity index (χ1v) is 6.83. The molecule has 0 radical (unpaired) electrons. The lowest BCUT2D eigenvalue weighted by Crippen LogP contribution is -2.22. The van der Waals surface area contributed by atoms with Gasteiger partial charge in [0.05, 0.1) is 6.04 Å². The van der Waals surface area contributed by atoms with Gasteiger partial charge in [0.2, 0.25) is 0 Å². The van der Waals surface area contributed by atoms with Gasteiger partial charge >= 0.3 is 0 Å². The minimum Gasteiger partial charge on any atom is -0.289 e. The Balaban J connectivity index is 2.59. The molecule has 1 nitrogen and oxygen atoms in total. The molecule has 1 aliphatic carbocycles. The molecule has 16 heavy (non-hydrogen) atoms. The fourth-order valence-corrected chi connectivity index (χ4v) is 2.45. The summed E-state index contributed by atoms with van der Waals surface area (Å²) in [6.45, 7) is 10.7. The minimum absolute atomic E-state index is 0.384. The molecule has 0 amide bonds. The molecule has 0 spiro atoms. The molecular weight excluding hydrogens is 194 g/mol. The van der Waals surface area contributed by atoms with Crippen LogP contribution in [0.5, 0.6) is 0 Å². The molecule has 2 atom stereocenters. The first-order valence-electron chi connectivity index (χ1n) is 6.83. The molecule has 0 aromatic heterocycles. The van der Waals surface area contributed by atoms with E-state index in [1.807, 2.05) is 0 Å². The van der Waals surface area contributed by atoms with Crippen LogP contribution in [0, 0.1) is 11.8 Å². The van der Waals surface area contributed by atoms with Gasteiger partial charge < -0.3 is 0 Å². The minimum atomic E-state index is 0.384. The SMILES string of the molecule is C=C(C)C(N=CC(C)CC)C1CCCCC1. The van der Waals surface area contributed by atoms with Gasteiger partial charge in [-0.15, -0.1) is 0 Å². The Kier molecular flexibility index (Phi) is 5.79. The predicted molar refractivity (Wildman–Crippen MR) is 73.1 cm³/mol.